The van der Waals surface area contributed by atoms with Crippen molar-refractivity contribution in [1.29, 1.82) is 0 Å². The lowest BCUT2D eigenvalue weighted by Gasteiger charge is -2.24. The average Bonchev–Trinajstić information content (AvgIpc) is 2.37. The zero-order valence-corrected chi connectivity index (χ0v) is 13.2. The Morgan fingerprint density at radius 1 is 1.00 bits per heavy atom. The summed E-state index contributed by atoms with van der Waals surface area (Å²) in [6.07, 6.45) is 0. The molecular formula is C15H28N2O2. The second-order valence-electron chi connectivity index (χ2n) is 4.35. The molecule has 0 heterocycles. The summed E-state index contributed by atoms with van der Waals surface area (Å²) < 4.78 is 11.5. The molecule has 0 aliphatic rings. The minimum absolute atomic E-state index is 0. The quantitative estimate of drug-likeness (QED) is 0.854. The number of anilines is 1. The molecule has 19 heavy (non-hydrogen) atoms. The Morgan fingerprint density at radius 3 is 2.05 bits per heavy atom. The largest absolute Gasteiger partial charge is 0.494 e. The molecule has 0 unspecified atom stereocenters. The molecule has 0 aliphatic heterocycles. The Labute approximate surface area is 117 Å². The van der Waals surface area contributed by atoms with Crippen LogP contribution in [0.15, 0.2) is 6.07 Å². The van der Waals surface area contributed by atoms with Gasteiger partial charge < -0.3 is 20.5 Å². The molecule has 0 bridgehead atoms. The first-order valence-electron chi connectivity index (χ1n) is 6.67. The third-order valence-corrected chi connectivity index (χ3v) is 3.25. The fourth-order valence-electron chi connectivity index (χ4n) is 1.93. The van der Waals surface area contributed by atoms with E-state index < -0.39 is 0 Å². The molecule has 0 spiro atoms. The van der Waals surface area contributed by atoms with E-state index in [0.717, 1.165) is 34.9 Å². The lowest BCUT2D eigenvalue weighted by Crippen LogP contribution is -2.18. The van der Waals surface area contributed by atoms with E-state index in [-0.39, 0.29) is 6.15 Å². The van der Waals surface area contributed by atoms with Crippen LogP contribution in [0.25, 0.3) is 0 Å². The molecule has 4 heteroatoms. The molecule has 0 aromatic heterocycles. The summed E-state index contributed by atoms with van der Waals surface area (Å²) in [5.74, 6) is 1.93. The van der Waals surface area contributed by atoms with Crippen LogP contribution < -0.4 is 20.5 Å². The first kappa shape index (κ1) is 17.6. The van der Waals surface area contributed by atoms with Crippen LogP contribution in [0.4, 0.5) is 5.69 Å². The Hall–Kier alpha value is -1.42. The normalized spacial score (nSPS) is 9.79. The van der Waals surface area contributed by atoms with Crippen molar-refractivity contribution in [2.24, 2.45) is 0 Å². The smallest absolute Gasteiger partial charge is 0.145 e. The summed E-state index contributed by atoms with van der Waals surface area (Å²) >= 11 is 0. The summed E-state index contributed by atoms with van der Waals surface area (Å²) in [5.41, 5.74) is 3.43. The lowest BCUT2D eigenvalue weighted by molar-refractivity contribution is 0.327. The predicted molar refractivity (Wildman–Crippen MR) is 82.2 cm³/mol. The second kappa shape index (κ2) is 7.89. The van der Waals surface area contributed by atoms with Crippen LogP contribution >= 0.6 is 0 Å². The van der Waals surface area contributed by atoms with Gasteiger partial charge in [0.25, 0.3) is 0 Å². The highest BCUT2D eigenvalue weighted by molar-refractivity contribution is 5.67. The van der Waals surface area contributed by atoms with Crippen molar-refractivity contribution in [3.63, 3.8) is 0 Å². The van der Waals surface area contributed by atoms with Crippen molar-refractivity contribution in [2.75, 3.05) is 31.7 Å². The fraction of sp³-hybridized carbons (Fsp3) is 0.600. The van der Waals surface area contributed by atoms with Gasteiger partial charge in [-0.25, -0.2) is 0 Å². The van der Waals surface area contributed by atoms with Crippen LogP contribution in [0.1, 0.15) is 31.9 Å². The summed E-state index contributed by atoms with van der Waals surface area (Å²) in [7, 11) is 2.07. The first-order valence-corrected chi connectivity index (χ1v) is 6.67. The third kappa shape index (κ3) is 3.77. The van der Waals surface area contributed by atoms with E-state index in [2.05, 4.69) is 38.8 Å². The van der Waals surface area contributed by atoms with E-state index in [1.807, 2.05) is 13.8 Å². The average molecular weight is 268 g/mol. The van der Waals surface area contributed by atoms with E-state index in [1.54, 1.807) is 0 Å². The van der Waals surface area contributed by atoms with E-state index in [1.165, 1.54) is 0 Å². The molecule has 3 N–H and O–H groups in total. The van der Waals surface area contributed by atoms with Crippen LogP contribution in [-0.4, -0.2) is 26.8 Å². The standard InChI is InChI=1S/C15H25NO2.H3N/c1-7-16(6)13-10-14(17-8-2)11(4)12(5)15(13)18-9-3;/h10H,7-9H2,1-6H3;1H3. The Morgan fingerprint density at radius 2 is 1.58 bits per heavy atom. The Bertz CT molecular complexity index is 406. The molecule has 4 nitrogen and oxygen atoms in total. The number of ether oxygens (including phenoxy) is 2. The number of rotatable bonds is 6. The van der Waals surface area contributed by atoms with Gasteiger partial charge in [0, 0.05) is 19.7 Å². The second-order valence-corrected chi connectivity index (χ2v) is 4.35. The van der Waals surface area contributed by atoms with Gasteiger partial charge in [-0.1, -0.05) is 0 Å². The Kier molecular flexibility index (Phi) is 7.30. The molecule has 1 aromatic carbocycles. The summed E-state index contributed by atoms with van der Waals surface area (Å²) in [5, 5.41) is 0. The van der Waals surface area contributed by atoms with Crippen LogP contribution in [0.2, 0.25) is 0 Å². The topological polar surface area (TPSA) is 56.7 Å². The molecule has 1 aromatic rings. The highest BCUT2D eigenvalue weighted by Gasteiger charge is 2.16. The van der Waals surface area contributed by atoms with E-state index in [9.17, 15) is 0 Å². The van der Waals surface area contributed by atoms with Gasteiger partial charge >= 0.3 is 0 Å². The summed E-state index contributed by atoms with van der Waals surface area (Å²) in [6, 6.07) is 2.08. The maximum absolute atomic E-state index is 5.81. The van der Waals surface area contributed by atoms with Gasteiger partial charge in [0.2, 0.25) is 0 Å². The number of hydrogen-bond donors (Lipinski definition) is 1. The molecular weight excluding hydrogens is 240 g/mol. The maximum atomic E-state index is 5.81. The molecule has 1 rings (SSSR count). The van der Waals surface area contributed by atoms with Crippen molar-refractivity contribution in [3.8, 4) is 11.5 Å². The molecule has 110 valence electrons. The van der Waals surface area contributed by atoms with Crippen molar-refractivity contribution in [1.82, 2.24) is 6.15 Å². The van der Waals surface area contributed by atoms with Crippen molar-refractivity contribution >= 4 is 5.69 Å². The fourth-order valence-corrected chi connectivity index (χ4v) is 1.93. The minimum atomic E-state index is 0. The highest BCUT2D eigenvalue weighted by Crippen LogP contribution is 2.39. The lowest BCUT2D eigenvalue weighted by atomic mass is 10.1. The molecule has 0 amide bonds. The van der Waals surface area contributed by atoms with Crippen LogP contribution in [0.5, 0.6) is 11.5 Å². The van der Waals surface area contributed by atoms with E-state index in [0.29, 0.717) is 13.2 Å². The monoisotopic (exact) mass is 268 g/mol. The molecule has 0 saturated heterocycles. The molecule has 0 atom stereocenters. The van der Waals surface area contributed by atoms with Gasteiger partial charge in [-0.2, -0.15) is 0 Å². The van der Waals surface area contributed by atoms with Crippen LogP contribution in [0.3, 0.4) is 0 Å². The number of hydrogen-bond acceptors (Lipinski definition) is 4. The maximum Gasteiger partial charge on any atom is 0.145 e. The van der Waals surface area contributed by atoms with Crippen molar-refractivity contribution in [3.05, 3.63) is 17.2 Å². The van der Waals surface area contributed by atoms with Gasteiger partial charge in [0.1, 0.15) is 11.5 Å². The number of nitrogens with zero attached hydrogens (tertiary/aromatic N) is 1. The number of benzene rings is 1. The predicted octanol–water partition coefficient (Wildman–Crippen LogP) is 3.72. The van der Waals surface area contributed by atoms with Gasteiger partial charge in [-0.05, 0) is 45.7 Å². The van der Waals surface area contributed by atoms with Crippen LogP contribution in [-0.2, 0) is 0 Å². The molecule has 0 radical (unpaired) electrons. The summed E-state index contributed by atoms with van der Waals surface area (Å²) in [4.78, 5) is 2.18. The van der Waals surface area contributed by atoms with Crippen LogP contribution in [0, 0.1) is 13.8 Å². The summed E-state index contributed by atoms with van der Waals surface area (Å²) in [6.45, 7) is 12.6. The van der Waals surface area contributed by atoms with Gasteiger partial charge in [0.05, 0.1) is 18.9 Å². The van der Waals surface area contributed by atoms with Gasteiger partial charge in [-0.3, -0.25) is 0 Å². The van der Waals surface area contributed by atoms with E-state index in [4.69, 9.17) is 9.47 Å². The zero-order chi connectivity index (χ0) is 13.7. The zero-order valence-electron chi connectivity index (χ0n) is 13.2. The molecule has 0 aliphatic carbocycles. The molecule has 0 fully saturated rings. The molecule has 0 saturated carbocycles. The first-order chi connectivity index (χ1) is 8.56. The third-order valence-electron chi connectivity index (χ3n) is 3.25. The Balaban J connectivity index is 0.00000324. The van der Waals surface area contributed by atoms with Gasteiger partial charge in [-0.15, -0.1) is 0 Å². The van der Waals surface area contributed by atoms with E-state index >= 15 is 0 Å². The van der Waals surface area contributed by atoms with Gasteiger partial charge in [0.15, 0.2) is 0 Å². The van der Waals surface area contributed by atoms with Crippen molar-refractivity contribution < 1.29 is 9.47 Å². The SMILES string of the molecule is CCOc1cc(N(C)CC)c(OCC)c(C)c1C.N. The minimum Gasteiger partial charge on any atom is -0.494 e. The van der Waals surface area contributed by atoms with Crippen molar-refractivity contribution in [2.45, 2.75) is 34.6 Å². The highest BCUT2D eigenvalue weighted by atomic mass is 16.5.